The number of carbonyl (C=O) groups excluding carboxylic acids is 1. The zero-order chi connectivity index (χ0) is 19.3. The van der Waals surface area contributed by atoms with Crippen LogP contribution in [-0.4, -0.2) is 48.3 Å². The fourth-order valence-corrected chi connectivity index (χ4v) is 4.64. The minimum absolute atomic E-state index is 0.0797. The summed E-state index contributed by atoms with van der Waals surface area (Å²) in [5.74, 6) is 1.02. The number of halogens is 1. The average molecular weight is 397 g/mol. The molecule has 4 heteroatoms. The average Bonchev–Trinajstić information content (AvgIpc) is 2.68. The quantitative estimate of drug-likeness (QED) is 0.682. The van der Waals surface area contributed by atoms with Gasteiger partial charge in [-0.15, -0.1) is 0 Å². The molecule has 28 heavy (non-hydrogen) atoms. The van der Waals surface area contributed by atoms with Gasteiger partial charge in [0.1, 0.15) is 0 Å². The number of ketones is 1. The summed E-state index contributed by atoms with van der Waals surface area (Å²) in [4.78, 5) is 18.0. The normalized spacial score (nSPS) is 19.9. The van der Waals surface area contributed by atoms with Crippen LogP contribution in [0.4, 0.5) is 0 Å². The maximum Gasteiger partial charge on any atom is 0.154 e. The number of benzene rings is 2. The molecule has 3 nitrogen and oxygen atoms in total. The Labute approximate surface area is 173 Å². The summed E-state index contributed by atoms with van der Waals surface area (Å²) in [6, 6.07) is 18.5. The van der Waals surface area contributed by atoms with Crippen molar-refractivity contribution in [3.63, 3.8) is 0 Å². The first-order valence-electron chi connectivity index (χ1n) is 10.5. The standard InChI is InChI=1S/C24H29ClN2O/c25-22-12-5-4-9-21(22)17-26-13-15-27(16-14-26)18-23(28)24(20-10-6-11-20)19-7-2-1-3-8-19/h1-5,7-9,12,20,24H,6,10-11,13-18H2. The molecule has 1 aliphatic heterocycles. The van der Waals surface area contributed by atoms with E-state index in [0.29, 0.717) is 18.2 Å². The van der Waals surface area contributed by atoms with Crippen LogP contribution in [0.5, 0.6) is 0 Å². The predicted octanol–water partition coefficient (Wildman–Crippen LogP) is 4.61. The Morgan fingerprint density at radius 2 is 1.57 bits per heavy atom. The summed E-state index contributed by atoms with van der Waals surface area (Å²) >= 11 is 6.30. The van der Waals surface area contributed by atoms with E-state index in [4.69, 9.17) is 11.6 Å². The molecular weight excluding hydrogens is 368 g/mol. The molecule has 1 unspecified atom stereocenters. The molecule has 0 radical (unpaired) electrons. The van der Waals surface area contributed by atoms with Crippen molar-refractivity contribution < 1.29 is 4.79 Å². The van der Waals surface area contributed by atoms with E-state index in [1.165, 1.54) is 30.4 Å². The molecule has 4 rings (SSSR count). The van der Waals surface area contributed by atoms with E-state index in [0.717, 1.165) is 37.7 Å². The largest absolute Gasteiger partial charge is 0.298 e. The van der Waals surface area contributed by atoms with Crippen molar-refractivity contribution in [1.29, 1.82) is 0 Å². The second-order valence-electron chi connectivity index (χ2n) is 8.19. The van der Waals surface area contributed by atoms with Gasteiger partial charge in [-0.3, -0.25) is 14.6 Å². The summed E-state index contributed by atoms with van der Waals surface area (Å²) in [7, 11) is 0. The molecule has 1 saturated carbocycles. The number of rotatable bonds is 7. The maximum absolute atomic E-state index is 13.2. The van der Waals surface area contributed by atoms with Gasteiger partial charge in [-0.2, -0.15) is 0 Å². The zero-order valence-corrected chi connectivity index (χ0v) is 17.2. The highest BCUT2D eigenvalue weighted by molar-refractivity contribution is 6.31. The van der Waals surface area contributed by atoms with Gasteiger partial charge in [0, 0.05) is 43.7 Å². The minimum atomic E-state index is 0.0797. The van der Waals surface area contributed by atoms with E-state index >= 15 is 0 Å². The molecular formula is C24H29ClN2O. The molecule has 0 amide bonds. The van der Waals surface area contributed by atoms with Gasteiger partial charge in [-0.05, 0) is 36.0 Å². The van der Waals surface area contributed by atoms with E-state index in [-0.39, 0.29) is 5.92 Å². The SMILES string of the molecule is O=C(CN1CCN(Cc2ccccc2Cl)CC1)C(c1ccccc1)C1CCC1. The Morgan fingerprint density at radius 3 is 2.21 bits per heavy atom. The van der Waals surface area contributed by atoms with Gasteiger partial charge >= 0.3 is 0 Å². The number of hydrogen-bond donors (Lipinski definition) is 0. The topological polar surface area (TPSA) is 23.6 Å². The van der Waals surface area contributed by atoms with Crippen LogP contribution in [0.25, 0.3) is 0 Å². The molecule has 1 aliphatic carbocycles. The summed E-state index contributed by atoms with van der Waals surface area (Å²) in [6.07, 6.45) is 3.65. The van der Waals surface area contributed by atoms with Crippen LogP contribution < -0.4 is 0 Å². The fraction of sp³-hybridized carbons (Fsp3) is 0.458. The molecule has 0 aromatic heterocycles. The lowest BCUT2D eigenvalue weighted by Crippen LogP contribution is -2.48. The molecule has 0 bridgehead atoms. The number of hydrogen-bond acceptors (Lipinski definition) is 3. The minimum Gasteiger partial charge on any atom is -0.298 e. The Morgan fingerprint density at radius 1 is 0.929 bits per heavy atom. The number of nitrogens with zero attached hydrogens (tertiary/aromatic N) is 2. The van der Waals surface area contributed by atoms with Gasteiger partial charge in [0.25, 0.3) is 0 Å². The molecule has 0 N–H and O–H groups in total. The molecule has 2 aromatic rings. The molecule has 2 aromatic carbocycles. The smallest absolute Gasteiger partial charge is 0.154 e. The second kappa shape index (κ2) is 9.21. The summed E-state index contributed by atoms with van der Waals surface area (Å²) < 4.78 is 0. The van der Waals surface area contributed by atoms with Crippen molar-refractivity contribution >= 4 is 17.4 Å². The Balaban J connectivity index is 1.32. The van der Waals surface area contributed by atoms with Crippen molar-refractivity contribution in [2.24, 2.45) is 5.92 Å². The number of carbonyl (C=O) groups is 1. The lowest BCUT2D eigenvalue weighted by molar-refractivity contribution is -0.124. The van der Waals surface area contributed by atoms with Gasteiger partial charge < -0.3 is 0 Å². The van der Waals surface area contributed by atoms with Crippen molar-refractivity contribution in [1.82, 2.24) is 9.80 Å². The molecule has 148 valence electrons. The molecule has 1 heterocycles. The first-order valence-corrected chi connectivity index (χ1v) is 10.8. The third-order valence-corrected chi connectivity index (χ3v) is 6.69. The van der Waals surface area contributed by atoms with Crippen LogP contribution in [0.1, 0.15) is 36.3 Å². The molecule has 2 aliphatic rings. The van der Waals surface area contributed by atoms with E-state index in [1.807, 2.05) is 24.3 Å². The third kappa shape index (κ3) is 4.65. The summed E-state index contributed by atoms with van der Waals surface area (Å²) in [5, 5.41) is 0.839. The van der Waals surface area contributed by atoms with Gasteiger partial charge in [0.15, 0.2) is 5.78 Å². The summed E-state index contributed by atoms with van der Waals surface area (Å²) in [5.41, 5.74) is 2.39. The lowest BCUT2D eigenvalue weighted by atomic mass is 9.71. The summed E-state index contributed by atoms with van der Waals surface area (Å²) in [6.45, 7) is 5.33. The predicted molar refractivity (Wildman–Crippen MR) is 115 cm³/mol. The van der Waals surface area contributed by atoms with Crippen molar-refractivity contribution in [2.75, 3.05) is 32.7 Å². The van der Waals surface area contributed by atoms with Crippen LogP contribution in [0.3, 0.4) is 0 Å². The van der Waals surface area contributed by atoms with Crippen LogP contribution in [0.15, 0.2) is 54.6 Å². The number of Topliss-reactive ketones (excluding diaryl/α,β-unsaturated/α-hetero) is 1. The van der Waals surface area contributed by atoms with Crippen LogP contribution >= 0.6 is 11.6 Å². The van der Waals surface area contributed by atoms with Crippen molar-refractivity contribution in [3.8, 4) is 0 Å². The van der Waals surface area contributed by atoms with Crippen LogP contribution in [-0.2, 0) is 11.3 Å². The highest BCUT2D eigenvalue weighted by atomic mass is 35.5. The molecule has 1 saturated heterocycles. The zero-order valence-electron chi connectivity index (χ0n) is 16.4. The Kier molecular flexibility index (Phi) is 6.46. The molecule has 2 fully saturated rings. The Bertz CT molecular complexity index is 782. The highest BCUT2D eigenvalue weighted by Gasteiger charge is 2.34. The van der Waals surface area contributed by atoms with E-state index in [9.17, 15) is 4.79 Å². The third-order valence-electron chi connectivity index (χ3n) is 6.32. The van der Waals surface area contributed by atoms with Gasteiger partial charge in [-0.25, -0.2) is 0 Å². The van der Waals surface area contributed by atoms with E-state index in [2.05, 4.69) is 40.1 Å². The first kappa shape index (κ1) is 19.6. The second-order valence-corrected chi connectivity index (χ2v) is 8.60. The Hall–Kier alpha value is -1.68. The first-order chi connectivity index (χ1) is 13.7. The fourth-order valence-electron chi connectivity index (χ4n) is 4.45. The molecule has 0 spiro atoms. The van der Waals surface area contributed by atoms with Crippen molar-refractivity contribution in [3.05, 3.63) is 70.7 Å². The van der Waals surface area contributed by atoms with Crippen LogP contribution in [0, 0.1) is 5.92 Å². The van der Waals surface area contributed by atoms with Crippen molar-refractivity contribution in [2.45, 2.75) is 31.7 Å². The van der Waals surface area contributed by atoms with Gasteiger partial charge in [0.2, 0.25) is 0 Å². The van der Waals surface area contributed by atoms with Gasteiger partial charge in [-0.1, -0.05) is 66.6 Å². The van der Waals surface area contributed by atoms with E-state index < -0.39 is 0 Å². The lowest BCUT2D eigenvalue weighted by Gasteiger charge is -2.37. The monoisotopic (exact) mass is 396 g/mol. The maximum atomic E-state index is 13.2. The van der Waals surface area contributed by atoms with Gasteiger partial charge in [0.05, 0.1) is 6.54 Å². The van der Waals surface area contributed by atoms with Crippen LogP contribution in [0.2, 0.25) is 5.02 Å². The molecule has 1 atom stereocenters. The number of piperazine rings is 1. The highest BCUT2D eigenvalue weighted by Crippen LogP contribution is 2.40. The van der Waals surface area contributed by atoms with E-state index in [1.54, 1.807) is 0 Å².